The van der Waals surface area contributed by atoms with Gasteiger partial charge in [-0.2, -0.15) is 0 Å². The molecule has 2 N–H and O–H groups in total. The molecule has 6 aromatic rings. The van der Waals surface area contributed by atoms with Crippen LogP contribution in [0.4, 0.5) is 17.2 Å². The van der Waals surface area contributed by atoms with E-state index in [9.17, 15) is 9.59 Å². The average Bonchev–Trinajstić information content (AvgIpc) is 3.73. The number of hydrogen-bond donors (Lipinski definition) is 2. The number of carbonyl (C=O) groups is 2. The average molecular weight is 652 g/mol. The Kier molecular flexibility index (Phi) is 7.01. The first-order chi connectivity index (χ1) is 24.0. The molecule has 2 saturated heterocycles. The molecule has 0 radical (unpaired) electrons. The molecule has 0 atom stereocenters. The lowest BCUT2D eigenvalue weighted by Gasteiger charge is -2.53. The zero-order valence-electron chi connectivity index (χ0n) is 26.7. The second kappa shape index (κ2) is 11.7. The van der Waals surface area contributed by atoms with E-state index in [1.807, 2.05) is 48.5 Å². The summed E-state index contributed by atoms with van der Waals surface area (Å²) in [6.45, 7) is 3.76. The molecule has 11 heteroatoms. The fourth-order valence-electron chi connectivity index (χ4n) is 7.25. The zero-order valence-corrected chi connectivity index (χ0v) is 26.7. The second-order valence-corrected chi connectivity index (χ2v) is 13.0. The Labute approximate surface area is 282 Å². The number of hydrogen-bond acceptors (Lipinski definition) is 8. The first-order valence-corrected chi connectivity index (χ1v) is 16.6. The third kappa shape index (κ3) is 5.23. The van der Waals surface area contributed by atoms with Gasteiger partial charge in [-0.05, 0) is 73.5 Å². The van der Waals surface area contributed by atoms with E-state index < -0.39 is 0 Å². The van der Waals surface area contributed by atoms with E-state index in [0.717, 1.165) is 67.1 Å². The highest BCUT2D eigenvalue weighted by Crippen LogP contribution is 2.43. The van der Waals surface area contributed by atoms with Crippen LogP contribution in [0.5, 0.6) is 0 Å². The van der Waals surface area contributed by atoms with Crippen molar-refractivity contribution in [3.8, 4) is 23.0 Å². The molecule has 9 rings (SSSR count). The molecule has 0 saturated carbocycles. The fourth-order valence-corrected chi connectivity index (χ4v) is 7.25. The van der Waals surface area contributed by atoms with Gasteiger partial charge in [-0.15, -0.1) is 0 Å². The summed E-state index contributed by atoms with van der Waals surface area (Å²) in [6.07, 6.45) is 4.31. The predicted molar refractivity (Wildman–Crippen MR) is 186 cm³/mol. The maximum atomic E-state index is 14.0. The van der Waals surface area contributed by atoms with Gasteiger partial charge in [0.2, 0.25) is 0 Å². The number of anilines is 3. The number of imidazole rings is 1. The Bertz CT molecular complexity index is 2180. The number of aromatic amines is 1. The Hall–Kier alpha value is -5.81. The molecule has 0 unspecified atom stereocenters. The molecule has 2 fully saturated rings. The van der Waals surface area contributed by atoms with E-state index in [1.54, 1.807) is 47.5 Å². The molecule has 3 aromatic heterocycles. The number of ether oxygens (including phenoxy) is 1. The van der Waals surface area contributed by atoms with Crippen LogP contribution >= 0.6 is 0 Å². The number of oxazole rings is 1. The number of fused-ring (bicyclic) bond motifs is 4. The fraction of sp³-hybridized carbons (Fsp3) is 0.237. The lowest BCUT2D eigenvalue weighted by Crippen LogP contribution is -2.59. The molecule has 49 heavy (non-hydrogen) atoms. The van der Waals surface area contributed by atoms with E-state index in [-0.39, 0.29) is 17.2 Å². The van der Waals surface area contributed by atoms with Crippen molar-refractivity contribution in [3.05, 3.63) is 108 Å². The van der Waals surface area contributed by atoms with E-state index in [1.165, 1.54) is 0 Å². The van der Waals surface area contributed by atoms with Crippen LogP contribution < -0.4 is 15.1 Å². The summed E-state index contributed by atoms with van der Waals surface area (Å²) in [5, 5.41) is 3.00. The molecular weight excluding hydrogens is 618 g/mol. The molecule has 244 valence electrons. The number of amides is 2. The molecular formula is C38H33N7O4. The number of benzene rings is 3. The van der Waals surface area contributed by atoms with E-state index in [0.29, 0.717) is 53.1 Å². The zero-order chi connectivity index (χ0) is 33.0. The number of rotatable bonds is 5. The number of pyridine rings is 1. The minimum Gasteiger partial charge on any atom is -0.433 e. The first-order valence-electron chi connectivity index (χ1n) is 16.6. The largest absolute Gasteiger partial charge is 0.433 e. The van der Waals surface area contributed by atoms with Crippen LogP contribution in [0.15, 0.2) is 95.5 Å². The highest BCUT2D eigenvalue weighted by Gasteiger charge is 2.45. The second-order valence-electron chi connectivity index (χ2n) is 13.0. The lowest BCUT2D eigenvalue weighted by atomic mass is 9.73. The van der Waals surface area contributed by atoms with Gasteiger partial charge >= 0.3 is 0 Å². The molecule has 1 spiro atoms. The van der Waals surface area contributed by atoms with E-state index in [4.69, 9.17) is 14.1 Å². The lowest BCUT2D eigenvalue weighted by molar-refractivity contribution is -0.000509. The summed E-state index contributed by atoms with van der Waals surface area (Å²) in [6, 6.07) is 26.1. The van der Waals surface area contributed by atoms with Crippen LogP contribution in [-0.2, 0) is 11.2 Å². The van der Waals surface area contributed by atoms with Gasteiger partial charge in [-0.3, -0.25) is 9.59 Å². The van der Waals surface area contributed by atoms with Crippen molar-refractivity contribution >= 4 is 40.0 Å². The van der Waals surface area contributed by atoms with Gasteiger partial charge in [0.1, 0.15) is 5.82 Å². The summed E-state index contributed by atoms with van der Waals surface area (Å²) in [5.74, 6) is 1.93. The van der Waals surface area contributed by atoms with Crippen LogP contribution in [0.3, 0.4) is 0 Å². The summed E-state index contributed by atoms with van der Waals surface area (Å²) in [4.78, 5) is 48.7. The van der Waals surface area contributed by atoms with Gasteiger partial charge in [0, 0.05) is 67.7 Å². The van der Waals surface area contributed by atoms with Gasteiger partial charge in [0.15, 0.2) is 11.6 Å². The van der Waals surface area contributed by atoms with Crippen molar-refractivity contribution in [2.24, 2.45) is 5.41 Å². The molecule has 3 aliphatic heterocycles. The minimum atomic E-state index is -0.236. The number of carbonyl (C=O) groups excluding carboxylic acids is 2. The number of nitrogens with zero attached hydrogens (tertiary/aromatic N) is 5. The highest BCUT2D eigenvalue weighted by atomic mass is 16.5. The normalized spacial score (nSPS) is 16.5. The number of H-pyrrole nitrogens is 1. The van der Waals surface area contributed by atoms with Gasteiger partial charge in [-0.1, -0.05) is 24.3 Å². The summed E-state index contributed by atoms with van der Waals surface area (Å²) in [5.41, 5.74) is 5.94. The maximum absolute atomic E-state index is 14.0. The molecule has 6 heterocycles. The SMILES string of the molecule is O=C(Nc1ccc(C(=O)N2CCc3nc(-c4nc5ccccc5[nH]4)oc3-c3ccccc32)cc1)c1cccnc1N1CC2(CCOCC2)C1. The molecule has 2 amide bonds. The smallest absolute Gasteiger partial charge is 0.263 e. The summed E-state index contributed by atoms with van der Waals surface area (Å²) >= 11 is 0. The standard InChI is InChI=1S/C38H33N7O4/c46-35(27-7-5-18-39-34(27)44-22-38(23-44)16-20-48-21-17-38)40-25-13-11-24(12-14-25)37(47)45-19-15-30-32(26-6-1-4-10-31(26)45)49-36(43-30)33-41-28-8-2-3-9-29(28)42-33/h1-14,18H,15-17,19-23H2,(H,40,46)(H,41,42). The minimum absolute atomic E-state index is 0.151. The number of para-hydroxylation sites is 3. The quantitative estimate of drug-likeness (QED) is 0.221. The maximum Gasteiger partial charge on any atom is 0.263 e. The molecule has 3 aromatic carbocycles. The van der Waals surface area contributed by atoms with Crippen molar-refractivity contribution in [1.29, 1.82) is 0 Å². The topological polar surface area (TPSA) is 129 Å². The van der Waals surface area contributed by atoms with Crippen LogP contribution in [0.2, 0.25) is 0 Å². The van der Waals surface area contributed by atoms with Crippen LogP contribution in [0.1, 0.15) is 39.3 Å². The molecule has 3 aliphatic rings. The monoisotopic (exact) mass is 651 g/mol. The van der Waals surface area contributed by atoms with Gasteiger partial charge in [-0.25, -0.2) is 15.0 Å². The Balaban J connectivity index is 0.920. The van der Waals surface area contributed by atoms with Crippen LogP contribution in [0, 0.1) is 5.41 Å². The van der Waals surface area contributed by atoms with Gasteiger partial charge in [0.25, 0.3) is 17.7 Å². The van der Waals surface area contributed by atoms with Crippen molar-refractivity contribution < 1.29 is 18.7 Å². The van der Waals surface area contributed by atoms with Crippen molar-refractivity contribution in [2.45, 2.75) is 19.3 Å². The van der Waals surface area contributed by atoms with E-state index >= 15 is 0 Å². The predicted octanol–water partition coefficient (Wildman–Crippen LogP) is 6.35. The Morgan fingerprint density at radius 1 is 0.878 bits per heavy atom. The number of aromatic nitrogens is 4. The Morgan fingerprint density at radius 3 is 2.51 bits per heavy atom. The molecule has 11 nitrogen and oxygen atoms in total. The van der Waals surface area contributed by atoms with Crippen molar-refractivity contribution in [2.75, 3.05) is 48.0 Å². The third-order valence-corrected chi connectivity index (χ3v) is 9.87. The molecule has 0 bridgehead atoms. The third-order valence-electron chi connectivity index (χ3n) is 9.87. The highest BCUT2D eigenvalue weighted by molar-refractivity contribution is 6.10. The van der Waals surface area contributed by atoms with Crippen molar-refractivity contribution in [1.82, 2.24) is 19.9 Å². The summed E-state index contributed by atoms with van der Waals surface area (Å²) < 4.78 is 11.9. The summed E-state index contributed by atoms with van der Waals surface area (Å²) in [7, 11) is 0. The molecule has 0 aliphatic carbocycles. The van der Waals surface area contributed by atoms with Crippen LogP contribution in [0.25, 0.3) is 34.1 Å². The number of nitrogens with one attached hydrogen (secondary N) is 2. The van der Waals surface area contributed by atoms with Crippen molar-refractivity contribution in [3.63, 3.8) is 0 Å². The van der Waals surface area contributed by atoms with Gasteiger partial charge < -0.3 is 29.3 Å². The van der Waals surface area contributed by atoms with Gasteiger partial charge in [0.05, 0.1) is 28.0 Å². The van der Waals surface area contributed by atoms with Crippen LogP contribution in [-0.4, -0.2) is 64.6 Å². The first kappa shape index (κ1) is 29.3. The Morgan fingerprint density at radius 2 is 1.67 bits per heavy atom. The van der Waals surface area contributed by atoms with E-state index in [2.05, 4.69) is 25.2 Å².